The topological polar surface area (TPSA) is 26.0 Å². The average Bonchev–Trinajstić information content (AvgIpc) is 2.06. The van der Waals surface area contributed by atoms with Crippen LogP contribution in [0.25, 0.3) is 0 Å². The largest absolute Gasteiger partial charge is 0.315 e. The molecule has 1 aliphatic carbocycles. The van der Waals surface area contributed by atoms with E-state index in [1.165, 1.54) is 32.1 Å². The van der Waals surface area contributed by atoms with Crippen molar-refractivity contribution in [3.63, 3.8) is 0 Å². The highest BCUT2D eigenvalue weighted by Gasteiger charge is 2.28. The molecule has 0 heterocycles. The van der Waals surface area contributed by atoms with Gasteiger partial charge in [-0.15, -0.1) is 18.8 Å². The van der Waals surface area contributed by atoms with Gasteiger partial charge in [0.25, 0.3) is 0 Å². The van der Waals surface area contributed by atoms with Gasteiger partial charge in [-0.25, -0.2) is 0 Å². The lowest BCUT2D eigenvalue weighted by Crippen LogP contribution is -2.43. The van der Waals surface area contributed by atoms with Crippen LogP contribution in [0.15, 0.2) is 0 Å². The molecule has 0 spiro atoms. The zero-order valence-corrected chi connectivity index (χ0v) is 8.49. The van der Waals surface area contributed by atoms with E-state index in [2.05, 4.69) is 5.92 Å². The average molecular weight is 188 g/mol. The Morgan fingerprint density at radius 3 is 2.25 bits per heavy atom. The van der Waals surface area contributed by atoms with Crippen molar-refractivity contribution in [2.75, 3.05) is 0 Å². The van der Waals surface area contributed by atoms with Crippen LogP contribution in [0.3, 0.4) is 0 Å². The first-order valence-electron chi connectivity index (χ1n) is 4.43. The second-order valence-corrected chi connectivity index (χ2v) is 3.76. The van der Waals surface area contributed by atoms with Crippen molar-refractivity contribution in [3.05, 3.63) is 0 Å². The van der Waals surface area contributed by atoms with Gasteiger partial charge in [0.05, 0.1) is 5.54 Å². The number of nitrogens with two attached hydrogens (primary N) is 1. The standard InChI is InChI=1S/C10H17N.ClH/c1-3-10(2,11)9-7-5-4-6-8-9;/h1,9H,4-8,11H2,2H3;1H. The zero-order valence-electron chi connectivity index (χ0n) is 7.68. The summed E-state index contributed by atoms with van der Waals surface area (Å²) < 4.78 is 0. The van der Waals surface area contributed by atoms with Crippen molar-refractivity contribution in [1.29, 1.82) is 0 Å². The highest BCUT2D eigenvalue weighted by molar-refractivity contribution is 5.85. The van der Waals surface area contributed by atoms with Gasteiger partial charge < -0.3 is 5.73 Å². The van der Waals surface area contributed by atoms with Gasteiger partial charge in [-0.05, 0) is 25.7 Å². The smallest absolute Gasteiger partial charge is 0.0773 e. The van der Waals surface area contributed by atoms with E-state index in [4.69, 9.17) is 12.2 Å². The number of terminal acetylenes is 1. The summed E-state index contributed by atoms with van der Waals surface area (Å²) in [6.07, 6.45) is 11.8. The first kappa shape index (κ1) is 11.8. The van der Waals surface area contributed by atoms with Crippen molar-refractivity contribution < 1.29 is 0 Å². The monoisotopic (exact) mass is 187 g/mol. The fourth-order valence-corrected chi connectivity index (χ4v) is 1.82. The van der Waals surface area contributed by atoms with Gasteiger partial charge in [-0.1, -0.05) is 25.2 Å². The Morgan fingerprint density at radius 2 is 1.83 bits per heavy atom. The van der Waals surface area contributed by atoms with Crippen molar-refractivity contribution >= 4 is 12.4 Å². The first-order chi connectivity index (χ1) is 5.17. The molecule has 1 fully saturated rings. The van der Waals surface area contributed by atoms with Crippen LogP contribution in [0.5, 0.6) is 0 Å². The van der Waals surface area contributed by atoms with Crippen LogP contribution in [0.2, 0.25) is 0 Å². The molecule has 1 unspecified atom stereocenters. The molecule has 2 heteroatoms. The van der Waals surface area contributed by atoms with E-state index in [0.29, 0.717) is 5.92 Å². The Hall–Kier alpha value is -0.190. The van der Waals surface area contributed by atoms with E-state index < -0.39 is 0 Å². The summed E-state index contributed by atoms with van der Waals surface area (Å²) in [6.45, 7) is 1.98. The van der Waals surface area contributed by atoms with E-state index in [9.17, 15) is 0 Å². The second-order valence-electron chi connectivity index (χ2n) is 3.76. The van der Waals surface area contributed by atoms with Crippen LogP contribution in [0, 0.1) is 18.3 Å². The Balaban J connectivity index is 0.00000121. The molecule has 0 radical (unpaired) electrons. The third kappa shape index (κ3) is 2.69. The lowest BCUT2D eigenvalue weighted by molar-refractivity contribution is 0.272. The van der Waals surface area contributed by atoms with Gasteiger partial charge in [0, 0.05) is 0 Å². The first-order valence-corrected chi connectivity index (χ1v) is 4.43. The van der Waals surface area contributed by atoms with Crippen molar-refractivity contribution in [1.82, 2.24) is 0 Å². The van der Waals surface area contributed by atoms with Crippen LogP contribution < -0.4 is 5.73 Å². The molecular formula is C10H18ClN. The fourth-order valence-electron chi connectivity index (χ4n) is 1.82. The molecule has 70 valence electrons. The number of hydrogen-bond acceptors (Lipinski definition) is 1. The van der Waals surface area contributed by atoms with E-state index in [1.54, 1.807) is 0 Å². The molecule has 1 saturated carbocycles. The third-order valence-electron chi connectivity index (χ3n) is 2.76. The molecule has 12 heavy (non-hydrogen) atoms. The van der Waals surface area contributed by atoms with E-state index in [-0.39, 0.29) is 17.9 Å². The highest BCUT2D eigenvalue weighted by Crippen LogP contribution is 2.30. The molecule has 1 nitrogen and oxygen atoms in total. The number of rotatable bonds is 1. The summed E-state index contributed by atoms with van der Waals surface area (Å²) in [6, 6.07) is 0. The summed E-state index contributed by atoms with van der Waals surface area (Å²) in [5, 5.41) is 0. The SMILES string of the molecule is C#CC(C)(N)C1CCCCC1.Cl. The summed E-state index contributed by atoms with van der Waals surface area (Å²) in [7, 11) is 0. The summed E-state index contributed by atoms with van der Waals surface area (Å²) >= 11 is 0. The van der Waals surface area contributed by atoms with E-state index in [0.717, 1.165) is 0 Å². The van der Waals surface area contributed by atoms with Crippen molar-refractivity contribution in [3.8, 4) is 12.3 Å². The van der Waals surface area contributed by atoms with Crippen molar-refractivity contribution in [2.24, 2.45) is 11.7 Å². The van der Waals surface area contributed by atoms with Gasteiger partial charge in [0.1, 0.15) is 0 Å². The molecule has 0 aliphatic heterocycles. The molecule has 0 aromatic heterocycles. The Labute approximate surface area is 81.5 Å². The predicted molar refractivity (Wildman–Crippen MR) is 55.2 cm³/mol. The van der Waals surface area contributed by atoms with E-state index in [1.807, 2.05) is 6.92 Å². The maximum atomic E-state index is 5.95. The molecule has 0 aromatic carbocycles. The molecule has 1 atom stereocenters. The van der Waals surface area contributed by atoms with Gasteiger partial charge in [0.15, 0.2) is 0 Å². The quantitative estimate of drug-likeness (QED) is 0.627. The van der Waals surface area contributed by atoms with Crippen LogP contribution in [0.4, 0.5) is 0 Å². The van der Waals surface area contributed by atoms with Gasteiger partial charge in [0.2, 0.25) is 0 Å². The molecule has 0 saturated heterocycles. The van der Waals surface area contributed by atoms with Crippen molar-refractivity contribution in [2.45, 2.75) is 44.6 Å². The van der Waals surface area contributed by atoms with E-state index >= 15 is 0 Å². The number of hydrogen-bond donors (Lipinski definition) is 1. The Kier molecular flexibility index (Phi) is 4.67. The lowest BCUT2D eigenvalue weighted by atomic mass is 9.77. The minimum atomic E-state index is -0.361. The summed E-state index contributed by atoms with van der Waals surface area (Å²) in [4.78, 5) is 0. The molecule has 1 aliphatic rings. The molecule has 0 aromatic rings. The second kappa shape index (κ2) is 4.74. The minimum Gasteiger partial charge on any atom is -0.315 e. The maximum Gasteiger partial charge on any atom is 0.0773 e. The summed E-state index contributed by atoms with van der Waals surface area (Å²) in [5.74, 6) is 3.25. The van der Waals surface area contributed by atoms with Gasteiger partial charge in [-0.2, -0.15) is 0 Å². The number of halogens is 1. The lowest BCUT2D eigenvalue weighted by Gasteiger charge is -2.32. The molecule has 0 amide bonds. The van der Waals surface area contributed by atoms with Crippen LogP contribution >= 0.6 is 12.4 Å². The van der Waals surface area contributed by atoms with Crippen LogP contribution in [0.1, 0.15) is 39.0 Å². The molecule has 2 N–H and O–H groups in total. The van der Waals surface area contributed by atoms with Gasteiger partial charge >= 0.3 is 0 Å². The van der Waals surface area contributed by atoms with Crippen LogP contribution in [-0.4, -0.2) is 5.54 Å². The van der Waals surface area contributed by atoms with Crippen LogP contribution in [-0.2, 0) is 0 Å². The Bertz CT molecular complexity index is 163. The molecule has 1 rings (SSSR count). The normalized spacial score (nSPS) is 23.4. The predicted octanol–water partition coefficient (Wildman–Crippen LogP) is 2.34. The molecular weight excluding hydrogens is 170 g/mol. The highest BCUT2D eigenvalue weighted by atomic mass is 35.5. The maximum absolute atomic E-state index is 5.95. The third-order valence-corrected chi connectivity index (χ3v) is 2.76. The fraction of sp³-hybridized carbons (Fsp3) is 0.800. The molecule has 0 bridgehead atoms. The minimum absolute atomic E-state index is 0. The summed E-state index contributed by atoms with van der Waals surface area (Å²) in [5.41, 5.74) is 5.59. The Morgan fingerprint density at radius 1 is 1.33 bits per heavy atom. The zero-order chi connectivity index (χ0) is 8.32. The van der Waals surface area contributed by atoms with Gasteiger partial charge in [-0.3, -0.25) is 0 Å².